The van der Waals surface area contributed by atoms with Gasteiger partial charge in [0.05, 0.1) is 5.56 Å². The molecule has 2 rings (SSSR count). The SMILES string of the molecule is CCc1[c]c(C)cc(C(F)(C(F)(F)F)C(F)(F)C(F)(F)F)c1-c1ccccc1C(F)(F)F. The van der Waals surface area contributed by atoms with Crippen LogP contribution in [0.5, 0.6) is 0 Å². The lowest BCUT2D eigenvalue weighted by atomic mass is 9.78. The van der Waals surface area contributed by atoms with Gasteiger partial charge in [-0.15, -0.1) is 0 Å². The second kappa shape index (κ2) is 7.87. The number of halogens is 12. The van der Waals surface area contributed by atoms with Crippen molar-refractivity contribution in [2.45, 2.75) is 50.4 Å². The molecule has 0 nitrogen and oxygen atoms in total. The van der Waals surface area contributed by atoms with Crippen molar-refractivity contribution in [3.63, 3.8) is 0 Å². The molecule has 1 atom stereocenters. The average molecular weight is 481 g/mol. The van der Waals surface area contributed by atoms with Crippen molar-refractivity contribution in [3.05, 3.63) is 58.7 Å². The molecule has 0 aliphatic rings. The molecular weight excluding hydrogens is 468 g/mol. The van der Waals surface area contributed by atoms with E-state index < -0.39 is 69.9 Å². The van der Waals surface area contributed by atoms with Crippen LogP contribution in [-0.4, -0.2) is 18.3 Å². The standard InChI is InChI=1S/C20H13F12/c1-3-11-8-10(2)9-14(15(11)12-6-4-5-7-13(12)17(22,23)24)16(21,19(27,28)29)18(25,26)20(30,31)32/h4-7,9H,3H2,1-2H3. The second-order valence-corrected chi connectivity index (χ2v) is 6.84. The molecule has 0 saturated carbocycles. The molecule has 32 heavy (non-hydrogen) atoms. The molecule has 2 aromatic carbocycles. The zero-order chi connectivity index (χ0) is 24.9. The van der Waals surface area contributed by atoms with Crippen molar-refractivity contribution in [1.82, 2.24) is 0 Å². The van der Waals surface area contributed by atoms with E-state index in [1.54, 1.807) is 0 Å². The first-order chi connectivity index (χ1) is 14.3. The smallest absolute Gasteiger partial charge is 0.221 e. The fourth-order valence-electron chi connectivity index (χ4n) is 3.28. The highest BCUT2D eigenvalue weighted by atomic mass is 19.4. The monoisotopic (exact) mass is 481 g/mol. The highest BCUT2D eigenvalue weighted by molar-refractivity contribution is 5.76. The molecule has 0 aromatic heterocycles. The Labute approximate surface area is 173 Å². The topological polar surface area (TPSA) is 0 Å². The van der Waals surface area contributed by atoms with Crippen LogP contribution in [0.3, 0.4) is 0 Å². The molecule has 0 aliphatic heterocycles. The van der Waals surface area contributed by atoms with E-state index in [0.717, 1.165) is 19.1 Å². The lowest BCUT2D eigenvalue weighted by Crippen LogP contribution is -2.60. The first-order valence-electron chi connectivity index (χ1n) is 8.73. The molecule has 0 aliphatic carbocycles. The highest BCUT2D eigenvalue weighted by Gasteiger charge is 2.82. The van der Waals surface area contributed by atoms with Gasteiger partial charge < -0.3 is 0 Å². The van der Waals surface area contributed by atoms with E-state index in [2.05, 4.69) is 6.07 Å². The predicted octanol–water partition coefficient (Wildman–Crippen LogP) is 7.97. The fraction of sp³-hybridized carbons (Fsp3) is 0.400. The number of hydrogen-bond donors (Lipinski definition) is 0. The average Bonchev–Trinajstić information content (AvgIpc) is 2.63. The van der Waals surface area contributed by atoms with Gasteiger partial charge in [-0.3, -0.25) is 0 Å². The van der Waals surface area contributed by atoms with Crippen molar-refractivity contribution in [1.29, 1.82) is 0 Å². The quantitative estimate of drug-likeness (QED) is 0.389. The number of hydrogen-bond acceptors (Lipinski definition) is 0. The number of alkyl halides is 12. The third-order valence-electron chi connectivity index (χ3n) is 4.69. The van der Waals surface area contributed by atoms with Gasteiger partial charge >= 0.3 is 30.1 Å². The zero-order valence-electron chi connectivity index (χ0n) is 16.1. The minimum absolute atomic E-state index is 0.00872. The Morgan fingerprint density at radius 2 is 1.28 bits per heavy atom. The van der Waals surface area contributed by atoms with E-state index >= 15 is 4.39 Å². The molecular formula is C20H13F12. The summed E-state index contributed by atoms with van der Waals surface area (Å²) in [6, 6.07) is 5.00. The Morgan fingerprint density at radius 3 is 1.72 bits per heavy atom. The van der Waals surface area contributed by atoms with Crippen molar-refractivity contribution >= 4 is 0 Å². The van der Waals surface area contributed by atoms with Gasteiger partial charge in [-0.1, -0.05) is 31.2 Å². The summed E-state index contributed by atoms with van der Waals surface area (Å²) in [5, 5.41) is 0. The summed E-state index contributed by atoms with van der Waals surface area (Å²) in [5.74, 6) is -7.03. The summed E-state index contributed by atoms with van der Waals surface area (Å²) in [5.41, 5.74) is -14.0. The molecule has 2 aromatic rings. The third kappa shape index (κ3) is 4.03. The van der Waals surface area contributed by atoms with Crippen LogP contribution in [-0.2, 0) is 18.3 Å². The molecule has 0 saturated heterocycles. The maximum absolute atomic E-state index is 15.3. The molecule has 1 unspecified atom stereocenters. The van der Waals surface area contributed by atoms with Crippen molar-refractivity contribution in [3.8, 4) is 11.1 Å². The predicted molar refractivity (Wildman–Crippen MR) is 89.7 cm³/mol. The van der Waals surface area contributed by atoms with Crippen molar-refractivity contribution < 1.29 is 52.7 Å². The van der Waals surface area contributed by atoms with Crippen LogP contribution in [0, 0.1) is 13.0 Å². The summed E-state index contributed by atoms with van der Waals surface area (Å²) in [4.78, 5) is 0. The Kier molecular flexibility index (Phi) is 6.36. The van der Waals surface area contributed by atoms with E-state index in [1.807, 2.05) is 0 Å². The van der Waals surface area contributed by atoms with Crippen LogP contribution in [0.2, 0.25) is 0 Å². The molecule has 0 amide bonds. The first-order valence-corrected chi connectivity index (χ1v) is 8.73. The normalized spacial score (nSPS) is 15.6. The van der Waals surface area contributed by atoms with Crippen LogP contribution < -0.4 is 0 Å². The van der Waals surface area contributed by atoms with Gasteiger partial charge in [0.1, 0.15) is 0 Å². The van der Waals surface area contributed by atoms with Crippen LogP contribution in [0.1, 0.15) is 29.2 Å². The highest BCUT2D eigenvalue weighted by Crippen LogP contribution is 2.60. The lowest BCUT2D eigenvalue weighted by molar-refractivity contribution is -0.389. The van der Waals surface area contributed by atoms with Gasteiger partial charge in [-0.25, -0.2) is 4.39 Å². The van der Waals surface area contributed by atoms with Gasteiger partial charge in [0.2, 0.25) is 0 Å². The second-order valence-electron chi connectivity index (χ2n) is 6.84. The Morgan fingerprint density at radius 1 is 0.750 bits per heavy atom. The molecule has 12 heteroatoms. The van der Waals surface area contributed by atoms with E-state index in [-0.39, 0.29) is 6.07 Å². The van der Waals surface area contributed by atoms with Gasteiger partial charge in [-0.05, 0) is 47.7 Å². The van der Waals surface area contributed by atoms with Crippen LogP contribution in [0.15, 0.2) is 30.3 Å². The van der Waals surface area contributed by atoms with Gasteiger partial charge in [0.25, 0.3) is 0 Å². The number of benzene rings is 2. The van der Waals surface area contributed by atoms with Crippen LogP contribution >= 0.6 is 0 Å². The molecule has 0 heterocycles. The maximum Gasteiger partial charge on any atom is 0.457 e. The summed E-state index contributed by atoms with van der Waals surface area (Å²) in [6.45, 7) is 2.12. The molecule has 0 N–H and O–H groups in total. The summed E-state index contributed by atoms with van der Waals surface area (Å²) in [7, 11) is 0. The minimum Gasteiger partial charge on any atom is -0.221 e. The van der Waals surface area contributed by atoms with Crippen molar-refractivity contribution in [2.24, 2.45) is 0 Å². The molecule has 0 spiro atoms. The van der Waals surface area contributed by atoms with Gasteiger partial charge in [-0.2, -0.15) is 48.3 Å². The largest absolute Gasteiger partial charge is 0.457 e. The van der Waals surface area contributed by atoms with E-state index in [1.165, 1.54) is 6.92 Å². The Bertz CT molecular complexity index is 982. The fourth-order valence-corrected chi connectivity index (χ4v) is 3.28. The summed E-state index contributed by atoms with van der Waals surface area (Å²) < 4.78 is 164. The van der Waals surface area contributed by atoms with E-state index in [0.29, 0.717) is 12.1 Å². The van der Waals surface area contributed by atoms with Crippen LogP contribution in [0.25, 0.3) is 11.1 Å². The Balaban J connectivity index is 3.15. The third-order valence-corrected chi connectivity index (χ3v) is 4.69. The lowest BCUT2D eigenvalue weighted by Gasteiger charge is -2.38. The molecule has 0 fully saturated rings. The Hall–Kier alpha value is -2.40. The molecule has 1 radical (unpaired) electrons. The van der Waals surface area contributed by atoms with Gasteiger partial charge in [0.15, 0.2) is 0 Å². The molecule has 0 bridgehead atoms. The minimum atomic E-state index is -7.03. The summed E-state index contributed by atoms with van der Waals surface area (Å²) in [6.07, 6.45) is -19.6. The van der Waals surface area contributed by atoms with E-state index in [4.69, 9.17) is 0 Å². The van der Waals surface area contributed by atoms with Crippen molar-refractivity contribution in [2.75, 3.05) is 0 Å². The molecule has 177 valence electrons. The van der Waals surface area contributed by atoms with E-state index in [9.17, 15) is 48.3 Å². The summed E-state index contributed by atoms with van der Waals surface area (Å²) >= 11 is 0. The van der Waals surface area contributed by atoms with Crippen LogP contribution in [0.4, 0.5) is 52.7 Å². The maximum atomic E-state index is 15.3. The first kappa shape index (κ1) is 25.9. The number of rotatable bonds is 4. The van der Waals surface area contributed by atoms with Gasteiger partial charge in [0, 0.05) is 5.56 Å². The zero-order valence-corrected chi connectivity index (χ0v) is 16.1. The number of aryl methyl sites for hydroxylation is 2.